The van der Waals surface area contributed by atoms with Crippen molar-refractivity contribution < 1.29 is 28.6 Å². The fraction of sp³-hybridized carbons (Fsp3) is 0.717. The van der Waals surface area contributed by atoms with E-state index in [0.29, 0.717) is 19.3 Å². The highest BCUT2D eigenvalue weighted by atomic mass is 16.6. The lowest BCUT2D eigenvalue weighted by Crippen LogP contribution is -2.30. The zero-order valence-corrected chi connectivity index (χ0v) is 43.2. The minimum atomic E-state index is -0.813. The molecule has 0 fully saturated rings. The van der Waals surface area contributed by atoms with Crippen LogP contribution in [0.4, 0.5) is 0 Å². The number of esters is 3. The monoisotopic (exact) mass is 919 g/mol. The van der Waals surface area contributed by atoms with Gasteiger partial charge in [-0.1, -0.05) is 241 Å². The van der Waals surface area contributed by atoms with Crippen LogP contribution in [0.1, 0.15) is 258 Å². The van der Waals surface area contributed by atoms with E-state index >= 15 is 0 Å². The molecule has 0 saturated carbocycles. The number of carbonyl (C=O) groups excluding carboxylic acids is 3. The molecule has 1 unspecified atom stereocenters. The Bertz CT molecular complexity index is 1290. The molecule has 0 saturated heterocycles. The van der Waals surface area contributed by atoms with Crippen LogP contribution in [-0.4, -0.2) is 37.2 Å². The van der Waals surface area contributed by atoms with Gasteiger partial charge in [0.1, 0.15) is 13.2 Å². The van der Waals surface area contributed by atoms with Crippen molar-refractivity contribution in [3.05, 3.63) is 85.1 Å². The molecule has 0 amide bonds. The normalized spacial score (nSPS) is 12.7. The fourth-order valence-corrected chi connectivity index (χ4v) is 7.52. The summed E-state index contributed by atoms with van der Waals surface area (Å²) in [6, 6.07) is 0. The molecule has 0 aromatic heterocycles. The average molecular weight is 919 g/mol. The molecule has 0 aliphatic heterocycles. The van der Waals surface area contributed by atoms with Crippen molar-refractivity contribution in [2.75, 3.05) is 13.2 Å². The van der Waals surface area contributed by atoms with Gasteiger partial charge in [0.15, 0.2) is 6.10 Å². The smallest absolute Gasteiger partial charge is 0.306 e. The molecule has 0 rings (SSSR count). The number of hydrogen-bond donors (Lipinski definition) is 0. The molecule has 66 heavy (non-hydrogen) atoms. The minimum Gasteiger partial charge on any atom is -0.462 e. The van der Waals surface area contributed by atoms with Gasteiger partial charge in [0, 0.05) is 19.3 Å². The van der Waals surface area contributed by atoms with Gasteiger partial charge in [0.2, 0.25) is 0 Å². The third-order valence-electron chi connectivity index (χ3n) is 11.6. The summed E-state index contributed by atoms with van der Waals surface area (Å²) in [7, 11) is 0. The van der Waals surface area contributed by atoms with E-state index in [4.69, 9.17) is 14.2 Å². The summed E-state index contributed by atoms with van der Waals surface area (Å²) in [5.41, 5.74) is 0. The summed E-state index contributed by atoms with van der Waals surface area (Å²) < 4.78 is 16.7. The predicted octanol–water partition coefficient (Wildman–Crippen LogP) is 18.4. The summed E-state index contributed by atoms with van der Waals surface area (Å²) in [6.07, 6.45) is 70.3. The molecule has 0 aliphatic rings. The Balaban J connectivity index is 4.29. The number of rotatable bonds is 49. The third kappa shape index (κ3) is 51.6. The Morgan fingerprint density at radius 2 is 0.621 bits per heavy atom. The van der Waals surface area contributed by atoms with Crippen molar-refractivity contribution in [2.24, 2.45) is 0 Å². The van der Waals surface area contributed by atoms with Crippen molar-refractivity contribution in [2.45, 2.75) is 264 Å². The summed E-state index contributed by atoms with van der Waals surface area (Å²) in [5.74, 6) is -0.991. The van der Waals surface area contributed by atoms with Crippen LogP contribution in [-0.2, 0) is 28.6 Å². The quantitative estimate of drug-likeness (QED) is 0.0262. The second-order valence-electron chi connectivity index (χ2n) is 18.1. The molecule has 0 spiro atoms. The highest BCUT2D eigenvalue weighted by Crippen LogP contribution is 2.15. The van der Waals surface area contributed by atoms with Crippen molar-refractivity contribution >= 4 is 17.9 Å². The van der Waals surface area contributed by atoms with E-state index in [-0.39, 0.29) is 31.6 Å². The number of allylic oxidation sites excluding steroid dienone is 14. The standard InChI is InChI=1S/C60H102O6/c1-4-7-10-13-16-19-22-24-25-26-27-28-29-30-31-32-33-34-35-37-38-41-44-47-50-53-59(62)65-56-57(55-64-58(61)52-49-46-43-40-21-18-15-12-9-6-3)66-60(63)54-51-48-45-42-39-36-23-20-17-14-11-8-5-2/h8,11,17,20,22,24,26-27,29-30,36,39,45,48,57H,4-7,9-10,12-16,18-19,21,23,25,28,31-35,37-38,40-44,46-47,49-56H2,1-3H3/b11-8-,20-17-,24-22-,27-26-,30-29-,39-36-,48-45-. The van der Waals surface area contributed by atoms with Crippen LogP contribution in [0.25, 0.3) is 0 Å². The second-order valence-corrected chi connectivity index (χ2v) is 18.1. The molecule has 378 valence electrons. The van der Waals surface area contributed by atoms with Crippen LogP contribution in [0.3, 0.4) is 0 Å². The molecule has 0 aromatic rings. The minimum absolute atomic E-state index is 0.105. The highest BCUT2D eigenvalue weighted by Gasteiger charge is 2.19. The van der Waals surface area contributed by atoms with E-state index in [1.54, 1.807) is 0 Å². The molecular formula is C60H102O6. The average Bonchev–Trinajstić information content (AvgIpc) is 3.31. The lowest BCUT2D eigenvalue weighted by Gasteiger charge is -2.18. The maximum Gasteiger partial charge on any atom is 0.306 e. The van der Waals surface area contributed by atoms with Crippen LogP contribution in [0.15, 0.2) is 85.1 Å². The van der Waals surface area contributed by atoms with Gasteiger partial charge in [0.25, 0.3) is 0 Å². The molecule has 0 aliphatic carbocycles. The van der Waals surface area contributed by atoms with Crippen molar-refractivity contribution in [3.63, 3.8) is 0 Å². The van der Waals surface area contributed by atoms with Gasteiger partial charge in [-0.3, -0.25) is 14.4 Å². The summed E-state index contributed by atoms with van der Waals surface area (Å²) in [6.45, 7) is 6.43. The van der Waals surface area contributed by atoms with Gasteiger partial charge in [0.05, 0.1) is 0 Å². The number of unbranched alkanes of at least 4 members (excludes halogenated alkanes) is 24. The molecule has 0 heterocycles. The van der Waals surface area contributed by atoms with Crippen LogP contribution in [0.2, 0.25) is 0 Å². The summed E-state index contributed by atoms with van der Waals surface area (Å²) in [4.78, 5) is 37.9. The Morgan fingerprint density at radius 1 is 0.318 bits per heavy atom. The lowest BCUT2D eigenvalue weighted by atomic mass is 10.1. The molecule has 6 nitrogen and oxygen atoms in total. The number of hydrogen-bond acceptors (Lipinski definition) is 6. The summed E-state index contributed by atoms with van der Waals surface area (Å²) in [5, 5.41) is 0. The third-order valence-corrected chi connectivity index (χ3v) is 11.6. The van der Waals surface area contributed by atoms with E-state index in [2.05, 4.69) is 93.7 Å². The van der Waals surface area contributed by atoms with Crippen LogP contribution >= 0.6 is 0 Å². The Hall–Kier alpha value is -3.41. The first-order chi connectivity index (χ1) is 32.5. The summed E-state index contributed by atoms with van der Waals surface area (Å²) >= 11 is 0. The molecule has 0 N–H and O–H groups in total. The van der Waals surface area contributed by atoms with Gasteiger partial charge in [-0.2, -0.15) is 0 Å². The first-order valence-corrected chi connectivity index (χ1v) is 27.6. The van der Waals surface area contributed by atoms with Crippen molar-refractivity contribution in [1.82, 2.24) is 0 Å². The Morgan fingerprint density at radius 3 is 0.985 bits per heavy atom. The highest BCUT2D eigenvalue weighted by molar-refractivity contribution is 5.71. The van der Waals surface area contributed by atoms with E-state index < -0.39 is 12.1 Å². The number of carbonyl (C=O) groups is 3. The lowest BCUT2D eigenvalue weighted by molar-refractivity contribution is -0.166. The van der Waals surface area contributed by atoms with Gasteiger partial charge in [-0.25, -0.2) is 0 Å². The zero-order chi connectivity index (χ0) is 47.9. The van der Waals surface area contributed by atoms with E-state index in [1.165, 1.54) is 135 Å². The zero-order valence-electron chi connectivity index (χ0n) is 43.2. The molecular weight excluding hydrogens is 817 g/mol. The Labute approximate surface area is 407 Å². The molecule has 6 heteroatoms. The Kier molecular flexibility index (Phi) is 51.4. The molecule has 0 radical (unpaired) electrons. The fourth-order valence-electron chi connectivity index (χ4n) is 7.52. The predicted molar refractivity (Wildman–Crippen MR) is 284 cm³/mol. The van der Waals surface area contributed by atoms with Crippen LogP contribution < -0.4 is 0 Å². The largest absolute Gasteiger partial charge is 0.462 e. The van der Waals surface area contributed by atoms with Crippen LogP contribution in [0, 0.1) is 0 Å². The molecule has 0 bridgehead atoms. The van der Waals surface area contributed by atoms with Gasteiger partial charge in [-0.05, 0) is 83.5 Å². The van der Waals surface area contributed by atoms with Crippen LogP contribution in [0.5, 0.6) is 0 Å². The van der Waals surface area contributed by atoms with Gasteiger partial charge in [-0.15, -0.1) is 0 Å². The maximum absolute atomic E-state index is 12.7. The number of ether oxygens (including phenoxy) is 3. The maximum atomic E-state index is 12.7. The van der Waals surface area contributed by atoms with E-state index in [1.807, 2.05) is 12.2 Å². The van der Waals surface area contributed by atoms with Gasteiger partial charge < -0.3 is 14.2 Å². The molecule has 1 atom stereocenters. The molecule has 0 aromatic carbocycles. The topological polar surface area (TPSA) is 78.9 Å². The van der Waals surface area contributed by atoms with E-state index in [9.17, 15) is 14.4 Å². The second kappa shape index (κ2) is 54.2. The van der Waals surface area contributed by atoms with Gasteiger partial charge >= 0.3 is 17.9 Å². The first-order valence-electron chi connectivity index (χ1n) is 27.6. The van der Waals surface area contributed by atoms with E-state index in [0.717, 1.165) is 77.0 Å². The SMILES string of the molecule is CC/C=C\C/C=C\C/C=C\C/C=C\CCC(=O)OC(COC(=O)CCCCCCCCCCCC)COC(=O)CCCCCCCCCCCC/C=C\C/C=C\C/C=C\CCCCCCC. The van der Waals surface area contributed by atoms with Crippen molar-refractivity contribution in [1.29, 1.82) is 0 Å². The first kappa shape index (κ1) is 62.6. The van der Waals surface area contributed by atoms with Crippen molar-refractivity contribution in [3.8, 4) is 0 Å².